The molecule has 5 atom stereocenters. The molecule has 0 bridgehead atoms. The van der Waals surface area contributed by atoms with Crippen LogP contribution in [0.5, 0.6) is 0 Å². The molecule has 4 N–H and O–H groups in total. The Morgan fingerprint density at radius 3 is 1.91 bits per heavy atom. The van der Waals surface area contributed by atoms with Gasteiger partial charge in [0.1, 0.15) is 24.2 Å². The number of hydrogen-bond acceptors (Lipinski definition) is 5. The van der Waals surface area contributed by atoms with Crippen molar-refractivity contribution in [1.82, 2.24) is 31.1 Å². The first-order valence-corrected chi connectivity index (χ1v) is 20.9. The number of hydrogen-bond donors (Lipinski definition) is 4. The molecule has 1 saturated heterocycles. The molecule has 0 radical (unpaired) electrons. The second-order valence-corrected chi connectivity index (χ2v) is 16.6. The second-order valence-electron chi connectivity index (χ2n) is 16.6. The molecule has 294 valence electrons. The van der Waals surface area contributed by atoms with Crippen molar-refractivity contribution < 1.29 is 24.0 Å². The van der Waals surface area contributed by atoms with Gasteiger partial charge in [0.15, 0.2) is 0 Å². The molecule has 4 aliphatic rings. The van der Waals surface area contributed by atoms with Crippen molar-refractivity contribution in [3.05, 3.63) is 35.4 Å². The molecular formula is C42H66N6O5. The topological polar surface area (TPSA) is 140 Å². The Balaban J connectivity index is 1.41. The van der Waals surface area contributed by atoms with E-state index >= 15 is 0 Å². The lowest BCUT2D eigenvalue weighted by Crippen LogP contribution is -2.62. The minimum absolute atomic E-state index is 0.0640. The number of likely N-dealkylation sites (tertiary alicyclic amines) is 1. The van der Waals surface area contributed by atoms with Gasteiger partial charge in [-0.1, -0.05) is 76.6 Å². The Morgan fingerprint density at radius 2 is 1.28 bits per heavy atom. The van der Waals surface area contributed by atoms with Gasteiger partial charge in [-0.3, -0.25) is 19.2 Å². The van der Waals surface area contributed by atoms with Gasteiger partial charge in [0.2, 0.25) is 23.6 Å². The van der Waals surface area contributed by atoms with Crippen LogP contribution in [-0.4, -0.2) is 90.3 Å². The quantitative estimate of drug-likeness (QED) is 0.202. The molecule has 11 nitrogen and oxygen atoms in total. The van der Waals surface area contributed by atoms with Crippen LogP contribution in [-0.2, 0) is 25.6 Å². The zero-order chi connectivity index (χ0) is 37.9. The van der Waals surface area contributed by atoms with Crippen molar-refractivity contribution in [2.75, 3.05) is 26.7 Å². The van der Waals surface area contributed by atoms with E-state index in [1.807, 2.05) is 32.9 Å². The summed E-state index contributed by atoms with van der Waals surface area (Å²) in [5.41, 5.74) is 2.25. The number of piperidine rings is 1. The predicted molar refractivity (Wildman–Crippen MR) is 207 cm³/mol. The number of amides is 6. The molecule has 11 heteroatoms. The van der Waals surface area contributed by atoms with Gasteiger partial charge in [0, 0.05) is 32.6 Å². The minimum Gasteiger partial charge on any atom is -0.355 e. The molecule has 3 aliphatic carbocycles. The molecule has 0 aromatic heterocycles. The van der Waals surface area contributed by atoms with Gasteiger partial charge in [-0.2, -0.15) is 0 Å². The highest BCUT2D eigenvalue weighted by Gasteiger charge is 2.42. The average Bonchev–Trinajstić information content (AvgIpc) is 3.61. The van der Waals surface area contributed by atoms with Crippen molar-refractivity contribution in [3.8, 4) is 0 Å². The monoisotopic (exact) mass is 735 g/mol. The summed E-state index contributed by atoms with van der Waals surface area (Å²) in [5, 5.41) is 12.4. The standard InChI is InChI=1S/C42H66N6O5/c1-5-43-38(49)34(27-28(2)3)47(4)41(52)36(31-20-11-7-12-21-31)45-39(50)35(30-18-9-6-10-19-30)44-40(51)37(46-42(53)48-25-15-8-16-26-48)33-24-23-29-17-13-14-22-32(29)33/h13-14,17,22,28,30-31,33-37H,5-12,15-16,18-21,23-27H2,1-4H3,(H,43,49)(H,44,51)(H,45,50)(H,46,53)/t33?,34-,35-,36-,37-/m1/s1. The predicted octanol–water partition coefficient (Wildman–Crippen LogP) is 5.42. The van der Waals surface area contributed by atoms with Gasteiger partial charge >= 0.3 is 6.03 Å². The van der Waals surface area contributed by atoms with Crippen LogP contribution in [0.1, 0.15) is 134 Å². The zero-order valence-corrected chi connectivity index (χ0v) is 32.8. The highest BCUT2D eigenvalue weighted by Crippen LogP contribution is 2.36. The number of carbonyl (C=O) groups excluding carboxylic acids is 5. The molecule has 1 aromatic rings. The van der Waals surface area contributed by atoms with E-state index < -0.39 is 24.2 Å². The Morgan fingerprint density at radius 1 is 0.717 bits per heavy atom. The molecule has 6 amide bonds. The van der Waals surface area contributed by atoms with Gasteiger partial charge in [-0.15, -0.1) is 0 Å². The highest BCUT2D eigenvalue weighted by atomic mass is 16.2. The summed E-state index contributed by atoms with van der Waals surface area (Å²) >= 11 is 0. The number of nitrogens with zero attached hydrogens (tertiary/aromatic N) is 2. The molecular weight excluding hydrogens is 668 g/mol. The molecule has 5 rings (SSSR count). The third-order valence-corrected chi connectivity index (χ3v) is 12.3. The van der Waals surface area contributed by atoms with Crippen LogP contribution in [0.2, 0.25) is 0 Å². The lowest BCUT2D eigenvalue weighted by atomic mass is 9.81. The average molecular weight is 735 g/mol. The van der Waals surface area contributed by atoms with Crippen LogP contribution >= 0.6 is 0 Å². The van der Waals surface area contributed by atoms with Gasteiger partial charge in [-0.05, 0) is 100 Å². The Labute approximate surface area is 317 Å². The van der Waals surface area contributed by atoms with Crippen molar-refractivity contribution in [2.24, 2.45) is 17.8 Å². The minimum atomic E-state index is -0.854. The summed E-state index contributed by atoms with van der Waals surface area (Å²) in [6.45, 7) is 7.73. The first-order chi connectivity index (χ1) is 25.6. The number of urea groups is 1. The molecule has 53 heavy (non-hydrogen) atoms. The van der Waals surface area contributed by atoms with Crippen molar-refractivity contribution in [3.63, 3.8) is 0 Å². The lowest BCUT2D eigenvalue weighted by molar-refractivity contribution is -0.144. The number of benzene rings is 1. The van der Waals surface area contributed by atoms with E-state index in [1.165, 1.54) is 5.56 Å². The third kappa shape index (κ3) is 10.5. The molecule has 1 aromatic carbocycles. The molecule has 3 fully saturated rings. The smallest absolute Gasteiger partial charge is 0.318 e. The number of nitrogens with one attached hydrogen (secondary N) is 4. The number of carbonyl (C=O) groups is 5. The summed E-state index contributed by atoms with van der Waals surface area (Å²) in [4.78, 5) is 74.0. The van der Waals surface area contributed by atoms with Crippen molar-refractivity contribution in [2.45, 2.75) is 154 Å². The normalized spacial score (nSPS) is 21.8. The van der Waals surface area contributed by atoms with Gasteiger partial charge in [0.25, 0.3) is 0 Å². The largest absolute Gasteiger partial charge is 0.355 e. The number of aryl methyl sites for hydroxylation is 1. The van der Waals surface area contributed by atoms with Gasteiger partial charge in [0.05, 0.1) is 0 Å². The Bertz CT molecular complexity index is 1400. The second kappa shape index (κ2) is 19.6. The van der Waals surface area contributed by atoms with Crippen LogP contribution in [0.25, 0.3) is 0 Å². The highest BCUT2D eigenvalue weighted by molar-refractivity contribution is 5.96. The summed E-state index contributed by atoms with van der Waals surface area (Å²) in [7, 11) is 1.68. The molecule has 0 spiro atoms. The van der Waals surface area contributed by atoms with Crippen LogP contribution in [0.3, 0.4) is 0 Å². The maximum Gasteiger partial charge on any atom is 0.318 e. The van der Waals surface area contributed by atoms with E-state index in [0.29, 0.717) is 26.1 Å². The third-order valence-electron chi connectivity index (χ3n) is 12.3. The summed E-state index contributed by atoms with van der Waals surface area (Å²) < 4.78 is 0. The van der Waals surface area contributed by atoms with Crippen LogP contribution in [0.15, 0.2) is 24.3 Å². The van der Waals surface area contributed by atoms with Crippen LogP contribution in [0, 0.1) is 17.8 Å². The zero-order valence-electron chi connectivity index (χ0n) is 32.8. The summed E-state index contributed by atoms with van der Waals surface area (Å²) in [6.07, 6.45) is 14.3. The number of likely N-dealkylation sites (N-methyl/N-ethyl adjacent to an activating group) is 2. The van der Waals surface area contributed by atoms with E-state index in [2.05, 4.69) is 33.4 Å². The first kappa shape index (κ1) is 40.6. The lowest BCUT2D eigenvalue weighted by Gasteiger charge is -2.38. The molecule has 1 unspecified atom stereocenters. The van der Waals surface area contributed by atoms with E-state index in [0.717, 1.165) is 102 Å². The van der Waals surface area contributed by atoms with E-state index in [-0.39, 0.29) is 53.3 Å². The van der Waals surface area contributed by atoms with Crippen molar-refractivity contribution in [1.29, 1.82) is 0 Å². The fourth-order valence-corrected chi connectivity index (χ4v) is 9.36. The number of fused-ring (bicyclic) bond motifs is 1. The van der Waals surface area contributed by atoms with E-state index in [1.54, 1.807) is 16.8 Å². The van der Waals surface area contributed by atoms with E-state index in [9.17, 15) is 24.0 Å². The Kier molecular flexibility index (Phi) is 15.0. The van der Waals surface area contributed by atoms with Crippen molar-refractivity contribution >= 4 is 29.7 Å². The maximum absolute atomic E-state index is 14.7. The molecule has 1 heterocycles. The van der Waals surface area contributed by atoms with Gasteiger partial charge < -0.3 is 31.1 Å². The summed E-state index contributed by atoms with van der Waals surface area (Å²) in [6, 6.07) is 4.73. The summed E-state index contributed by atoms with van der Waals surface area (Å²) in [5.74, 6) is -1.34. The number of rotatable bonds is 14. The van der Waals surface area contributed by atoms with E-state index in [4.69, 9.17) is 0 Å². The fourth-order valence-electron chi connectivity index (χ4n) is 9.36. The molecule has 1 aliphatic heterocycles. The molecule has 2 saturated carbocycles. The fraction of sp³-hybridized carbons (Fsp3) is 0.738. The Hall–Kier alpha value is -3.63. The van der Waals surface area contributed by atoms with Gasteiger partial charge in [-0.25, -0.2) is 4.79 Å². The maximum atomic E-state index is 14.7. The van der Waals surface area contributed by atoms with Crippen LogP contribution in [0.4, 0.5) is 4.79 Å². The first-order valence-electron chi connectivity index (χ1n) is 20.9. The SMILES string of the molecule is CCNC(=O)[C@@H](CC(C)C)N(C)C(=O)[C@H](NC(=O)[C@H](NC(=O)[C@H](NC(=O)N1CCCCC1)C1CCc2ccccc21)C1CCCCC1)C1CCCCC1. The van der Waals surface area contributed by atoms with Crippen LogP contribution < -0.4 is 21.3 Å².